The number of halogens is 1. The summed E-state index contributed by atoms with van der Waals surface area (Å²) >= 11 is 11.3. The van der Waals surface area contributed by atoms with Gasteiger partial charge in [0.05, 0.1) is 0 Å². The van der Waals surface area contributed by atoms with Crippen LogP contribution in [0.4, 0.5) is 5.69 Å². The smallest absolute Gasteiger partial charge is 0.171 e. The van der Waals surface area contributed by atoms with Crippen molar-refractivity contribution in [1.29, 1.82) is 0 Å². The Morgan fingerprint density at radius 2 is 2.16 bits per heavy atom. The van der Waals surface area contributed by atoms with Gasteiger partial charge in [0, 0.05) is 16.8 Å². The van der Waals surface area contributed by atoms with E-state index < -0.39 is 0 Å². The lowest BCUT2D eigenvalue weighted by molar-refractivity contribution is 0.372. The predicted octanol–water partition coefficient (Wildman–Crippen LogP) is 4.51. The number of rotatable bonds is 2. The highest BCUT2D eigenvalue weighted by atomic mass is 35.5. The van der Waals surface area contributed by atoms with Crippen LogP contribution in [0.15, 0.2) is 18.2 Å². The summed E-state index contributed by atoms with van der Waals surface area (Å²) in [5.41, 5.74) is 2.55. The zero-order valence-corrected chi connectivity index (χ0v) is 13.3. The van der Waals surface area contributed by atoms with Crippen LogP contribution in [0.25, 0.3) is 0 Å². The molecular formula is C15H21ClN2S. The number of benzene rings is 1. The molecule has 1 aliphatic rings. The second kappa shape index (κ2) is 5.68. The maximum Gasteiger partial charge on any atom is 0.171 e. The summed E-state index contributed by atoms with van der Waals surface area (Å²) in [6.07, 6.45) is 3.62. The number of hydrogen-bond acceptors (Lipinski definition) is 1. The van der Waals surface area contributed by atoms with Crippen molar-refractivity contribution in [3.8, 4) is 0 Å². The minimum Gasteiger partial charge on any atom is -0.360 e. The third kappa shape index (κ3) is 4.08. The molecule has 4 heteroatoms. The quantitative estimate of drug-likeness (QED) is 0.785. The number of aryl methyl sites for hydroxylation is 1. The van der Waals surface area contributed by atoms with Crippen molar-refractivity contribution in [2.45, 2.75) is 46.1 Å². The standard InChI is InChI=1S/C15H21ClN2S/c1-10-8-11(16)4-5-13(10)18-14(19)17-12-6-7-15(2,3)9-12/h4-5,8,12H,6-7,9H2,1-3H3,(H2,17,18,19). The molecule has 1 aliphatic carbocycles. The summed E-state index contributed by atoms with van der Waals surface area (Å²) in [4.78, 5) is 0. The first-order chi connectivity index (χ1) is 8.85. The van der Waals surface area contributed by atoms with Crippen LogP contribution in [0.2, 0.25) is 5.02 Å². The zero-order valence-electron chi connectivity index (χ0n) is 11.7. The Kier molecular flexibility index (Phi) is 4.36. The van der Waals surface area contributed by atoms with Gasteiger partial charge in [-0.2, -0.15) is 0 Å². The predicted molar refractivity (Wildman–Crippen MR) is 87.0 cm³/mol. The van der Waals surface area contributed by atoms with E-state index in [9.17, 15) is 0 Å². The minimum absolute atomic E-state index is 0.434. The van der Waals surface area contributed by atoms with Gasteiger partial charge in [-0.25, -0.2) is 0 Å². The van der Waals surface area contributed by atoms with Gasteiger partial charge in [-0.1, -0.05) is 25.4 Å². The van der Waals surface area contributed by atoms with Crippen molar-refractivity contribution in [3.63, 3.8) is 0 Å². The summed E-state index contributed by atoms with van der Waals surface area (Å²) in [7, 11) is 0. The first-order valence-electron chi connectivity index (χ1n) is 6.69. The molecule has 0 saturated heterocycles. The molecule has 1 atom stereocenters. The molecule has 2 rings (SSSR count). The van der Waals surface area contributed by atoms with Crippen molar-refractivity contribution < 1.29 is 0 Å². The molecule has 0 aromatic heterocycles. The molecule has 1 aromatic rings. The Labute approximate surface area is 125 Å². The fraction of sp³-hybridized carbons (Fsp3) is 0.533. The molecule has 1 saturated carbocycles. The molecule has 0 spiro atoms. The first-order valence-corrected chi connectivity index (χ1v) is 7.48. The van der Waals surface area contributed by atoms with Gasteiger partial charge in [0.2, 0.25) is 0 Å². The number of anilines is 1. The Hall–Kier alpha value is -0.800. The highest BCUT2D eigenvalue weighted by Gasteiger charge is 2.31. The minimum atomic E-state index is 0.434. The highest BCUT2D eigenvalue weighted by molar-refractivity contribution is 7.80. The molecule has 0 bridgehead atoms. The van der Waals surface area contributed by atoms with Crippen LogP contribution in [0.3, 0.4) is 0 Å². The molecule has 1 aromatic carbocycles. The Morgan fingerprint density at radius 3 is 2.74 bits per heavy atom. The van der Waals surface area contributed by atoms with Gasteiger partial charge >= 0.3 is 0 Å². The summed E-state index contributed by atoms with van der Waals surface area (Å²) in [6, 6.07) is 6.26. The molecule has 0 radical (unpaired) electrons. The van der Waals surface area contributed by atoms with E-state index in [0.717, 1.165) is 16.3 Å². The van der Waals surface area contributed by atoms with E-state index in [1.54, 1.807) is 0 Å². The van der Waals surface area contributed by atoms with E-state index in [1.165, 1.54) is 19.3 Å². The third-order valence-corrected chi connectivity index (χ3v) is 4.20. The van der Waals surface area contributed by atoms with E-state index in [2.05, 4.69) is 24.5 Å². The van der Waals surface area contributed by atoms with Crippen LogP contribution < -0.4 is 10.6 Å². The normalized spacial score (nSPS) is 21.2. The van der Waals surface area contributed by atoms with E-state index >= 15 is 0 Å². The number of hydrogen-bond donors (Lipinski definition) is 2. The topological polar surface area (TPSA) is 24.1 Å². The van der Waals surface area contributed by atoms with Gasteiger partial charge in [-0.15, -0.1) is 0 Å². The number of nitrogens with one attached hydrogen (secondary N) is 2. The second-order valence-corrected chi connectivity index (χ2v) is 7.01. The van der Waals surface area contributed by atoms with E-state index in [-0.39, 0.29) is 0 Å². The third-order valence-electron chi connectivity index (χ3n) is 3.74. The van der Waals surface area contributed by atoms with Crippen LogP contribution in [0.1, 0.15) is 38.7 Å². The van der Waals surface area contributed by atoms with Crippen molar-refractivity contribution in [2.24, 2.45) is 5.41 Å². The lowest BCUT2D eigenvalue weighted by atomic mass is 9.92. The maximum absolute atomic E-state index is 5.95. The lowest BCUT2D eigenvalue weighted by Gasteiger charge is -2.20. The zero-order chi connectivity index (χ0) is 14.0. The summed E-state index contributed by atoms with van der Waals surface area (Å²) < 4.78 is 0. The lowest BCUT2D eigenvalue weighted by Crippen LogP contribution is -2.36. The Balaban J connectivity index is 1.91. The van der Waals surface area contributed by atoms with Crippen molar-refractivity contribution in [2.75, 3.05) is 5.32 Å². The van der Waals surface area contributed by atoms with Gasteiger partial charge in [0.25, 0.3) is 0 Å². The van der Waals surface area contributed by atoms with Gasteiger partial charge in [-0.3, -0.25) is 0 Å². The Morgan fingerprint density at radius 1 is 1.42 bits per heavy atom. The summed E-state index contributed by atoms with van der Waals surface area (Å²) in [5, 5.41) is 8.12. The van der Waals surface area contributed by atoms with Gasteiger partial charge in [0.1, 0.15) is 0 Å². The maximum atomic E-state index is 5.95. The molecule has 1 unspecified atom stereocenters. The van der Waals surface area contributed by atoms with Gasteiger partial charge in [0.15, 0.2) is 5.11 Å². The molecule has 0 aliphatic heterocycles. The van der Waals surface area contributed by atoms with E-state index in [4.69, 9.17) is 23.8 Å². The van der Waals surface area contributed by atoms with Crippen LogP contribution in [-0.2, 0) is 0 Å². The molecule has 0 heterocycles. The van der Waals surface area contributed by atoms with Gasteiger partial charge in [-0.05, 0) is 67.6 Å². The van der Waals surface area contributed by atoms with Crippen LogP contribution in [0.5, 0.6) is 0 Å². The van der Waals surface area contributed by atoms with Crippen LogP contribution in [0, 0.1) is 12.3 Å². The van der Waals surface area contributed by atoms with Crippen LogP contribution >= 0.6 is 23.8 Å². The molecule has 104 valence electrons. The molecule has 2 N–H and O–H groups in total. The molecule has 0 amide bonds. The largest absolute Gasteiger partial charge is 0.360 e. The highest BCUT2D eigenvalue weighted by Crippen LogP contribution is 2.36. The summed E-state index contributed by atoms with van der Waals surface area (Å²) in [6.45, 7) is 6.65. The second-order valence-electron chi connectivity index (χ2n) is 6.16. The van der Waals surface area contributed by atoms with Crippen molar-refractivity contribution >= 4 is 34.6 Å². The van der Waals surface area contributed by atoms with E-state index in [1.807, 2.05) is 25.1 Å². The fourth-order valence-corrected chi connectivity index (χ4v) is 3.17. The SMILES string of the molecule is Cc1cc(Cl)ccc1NC(=S)NC1CCC(C)(C)C1. The molecule has 19 heavy (non-hydrogen) atoms. The van der Waals surface area contributed by atoms with Crippen LogP contribution in [-0.4, -0.2) is 11.2 Å². The van der Waals surface area contributed by atoms with E-state index in [0.29, 0.717) is 16.6 Å². The monoisotopic (exact) mass is 296 g/mol. The van der Waals surface area contributed by atoms with Gasteiger partial charge < -0.3 is 10.6 Å². The Bertz CT molecular complexity index is 485. The molecule has 2 nitrogen and oxygen atoms in total. The van der Waals surface area contributed by atoms with Crippen molar-refractivity contribution in [1.82, 2.24) is 5.32 Å². The molecular weight excluding hydrogens is 276 g/mol. The van der Waals surface area contributed by atoms with Crippen molar-refractivity contribution in [3.05, 3.63) is 28.8 Å². The average molecular weight is 297 g/mol. The summed E-state index contributed by atoms with van der Waals surface area (Å²) in [5.74, 6) is 0. The fourth-order valence-electron chi connectivity index (χ4n) is 2.67. The first kappa shape index (κ1) is 14.6. The number of thiocarbonyl (C=S) groups is 1. The average Bonchev–Trinajstić information content (AvgIpc) is 2.62. The molecule has 1 fully saturated rings.